The number of aromatic nitrogens is 2. The molecule has 1 amide bonds. The number of hydrogen-bond donors (Lipinski definition) is 2. The number of nitrogens with zero attached hydrogens (tertiary/aromatic N) is 2. The van der Waals surface area contributed by atoms with Crippen LogP contribution in [-0.2, 0) is 6.54 Å². The third-order valence-corrected chi connectivity index (χ3v) is 3.84. The minimum atomic E-state index is -0.139. The summed E-state index contributed by atoms with van der Waals surface area (Å²) in [6, 6.07) is 12.5. The monoisotopic (exact) mass is 376 g/mol. The van der Waals surface area contributed by atoms with Crippen molar-refractivity contribution in [2.45, 2.75) is 6.54 Å². The lowest BCUT2D eigenvalue weighted by atomic mass is 10.1. The zero-order chi connectivity index (χ0) is 17.8. The van der Waals surface area contributed by atoms with Crippen LogP contribution in [0.25, 0.3) is 11.4 Å². The summed E-state index contributed by atoms with van der Waals surface area (Å²) >= 11 is 12.0. The number of halogens is 2. The van der Waals surface area contributed by atoms with Crippen molar-refractivity contribution < 1.29 is 9.32 Å². The van der Waals surface area contributed by atoms with E-state index in [1.165, 1.54) is 0 Å². The first-order chi connectivity index (χ1) is 12.0. The molecular formula is C17H14Cl2N4O2. The molecule has 3 aromatic rings. The lowest BCUT2D eigenvalue weighted by molar-refractivity contribution is 0.0963. The maximum absolute atomic E-state index is 11.7. The molecule has 0 atom stereocenters. The van der Waals surface area contributed by atoms with E-state index in [9.17, 15) is 4.79 Å². The van der Waals surface area contributed by atoms with Crippen LogP contribution in [0, 0.1) is 0 Å². The molecule has 0 radical (unpaired) electrons. The third kappa shape index (κ3) is 4.29. The molecule has 0 spiro atoms. The van der Waals surface area contributed by atoms with Gasteiger partial charge in [-0.1, -0.05) is 40.5 Å². The Hall–Kier alpha value is -2.57. The first-order valence-electron chi connectivity index (χ1n) is 7.40. The molecule has 0 unspecified atom stereocenters. The van der Waals surface area contributed by atoms with Gasteiger partial charge in [-0.3, -0.25) is 4.79 Å². The van der Waals surface area contributed by atoms with E-state index in [1.54, 1.807) is 37.4 Å². The Kier molecular flexibility index (Phi) is 5.21. The second-order valence-corrected chi connectivity index (χ2v) is 6.09. The standard InChI is InChI=1S/C17H14Cl2N4O2/c1-20-16(24)11-4-2-3-10(5-11)9-21-17-22-15(23-25-17)12-6-13(18)8-14(19)7-12/h2-8H,9H2,1H3,(H,20,24)(H,21,22,23). The van der Waals surface area contributed by atoms with Crippen molar-refractivity contribution >= 4 is 35.1 Å². The summed E-state index contributed by atoms with van der Waals surface area (Å²) in [6.45, 7) is 0.433. The predicted molar refractivity (Wildman–Crippen MR) is 96.9 cm³/mol. The molecule has 0 aliphatic rings. The van der Waals surface area contributed by atoms with Gasteiger partial charge < -0.3 is 15.2 Å². The molecule has 1 aromatic heterocycles. The topological polar surface area (TPSA) is 80.0 Å². The van der Waals surface area contributed by atoms with Crippen LogP contribution in [-0.4, -0.2) is 23.1 Å². The van der Waals surface area contributed by atoms with E-state index in [2.05, 4.69) is 20.8 Å². The zero-order valence-electron chi connectivity index (χ0n) is 13.2. The Morgan fingerprint density at radius 2 is 1.92 bits per heavy atom. The molecule has 0 saturated carbocycles. The lowest BCUT2D eigenvalue weighted by Crippen LogP contribution is -2.17. The number of rotatable bonds is 5. The van der Waals surface area contributed by atoms with Crippen LogP contribution in [0.1, 0.15) is 15.9 Å². The largest absolute Gasteiger partial charge is 0.355 e. The molecule has 0 saturated heterocycles. The van der Waals surface area contributed by atoms with Gasteiger partial charge in [0.05, 0.1) is 0 Å². The number of carbonyl (C=O) groups is 1. The Balaban J connectivity index is 1.71. The van der Waals surface area contributed by atoms with E-state index >= 15 is 0 Å². The van der Waals surface area contributed by atoms with Gasteiger partial charge in [-0.2, -0.15) is 4.98 Å². The quantitative estimate of drug-likeness (QED) is 0.702. The van der Waals surface area contributed by atoms with Crippen molar-refractivity contribution in [2.75, 3.05) is 12.4 Å². The molecule has 1 heterocycles. The molecule has 2 N–H and O–H groups in total. The van der Waals surface area contributed by atoms with Crippen molar-refractivity contribution in [3.05, 3.63) is 63.6 Å². The smallest absolute Gasteiger partial charge is 0.322 e. The van der Waals surface area contributed by atoms with Gasteiger partial charge in [0.15, 0.2) is 0 Å². The fraction of sp³-hybridized carbons (Fsp3) is 0.118. The van der Waals surface area contributed by atoms with Crippen LogP contribution in [0.15, 0.2) is 47.0 Å². The highest BCUT2D eigenvalue weighted by Crippen LogP contribution is 2.26. The van der Waals surface area contributed by atoms with Crippen LogP contribution in [0.2, 0.25) is 10.0 Å². The minimum absolute atomic E-state index is 0.139. The summed E-state index contributed by atoms with van der Waals surface area (Å²) in [6.07, 6.45) is 0. The highest BCUT2D eigenvalue weighted by molar-refractivity contribution is 6.35. The maximum atomic E-state index is 11.7. The molecule has 0 aliphatic carbocycles. The summed E-state index contributed by atoms with van der Waals surface area (Å²) in [5.41, 5.74) is 2.16. The summed E-state index contributed by atoms with van der Waals surface area (Å²) in [4.78, 5) is 15.9. The highest BCUT2D eigenvalue weighted by Gasteiger charge is 2.10. The molecule has 0 bridgehead atoms. The molecule has 25 heavy (non-hydrogen) atoms. The molecule has 3 rings (SSSR count). The number of nitrogens with one attached hydrogen (secondary N) is 2. The lowest BCUT2D eigenvalue weighted by Gasteiger charge is -2.04. The zero-order valence-corrected chi connectivity index (χ0v) is 14.7. The summed E-state index contributed by atoms with van der Waals surface area (Å²) in [5.74, 6) is 0.241. The van der Waals surface area contributed by atoms with Crippen LogP contribution in [0.4, 0.5) is 6.01 Å². The van der Waals surface area contributed by atoms with E-state index in [4.69, 9.17) is 27.7 Å². The van der Waals surface area contributed by atoms with Gasteiger partial charge in [0, 0.05) is 34.8 Å². The Morgan fingerprint density at radius 3 is 2.64 bits per heavy atom. The van der Waals surface area contributed by atoms with Crippen LogP contribution in [0.3, 0.4) is 0 Å². The van der Waals surface area contributed by atoms with Gasteiger partial charge in [0.2, 0.25) is 5.82 Å². The average Bonchev–Trinajstić information content (AvgIpc) is 3.08. The number of hydrogen-bond acceptors (Lipinski definition) is 5. The second kappa shape index (κ2) is 7.55. The molecule has 0 aliphatic heterocycles. The molecule has 2 aromatic carbocycles. The fourth-order valence-electron chi connectivity index (χ4n) is 2.24. The first kappa shape index (κ1) is 17.3. The van der Waals surface area contributed by atoms with E-state index in [0.29, 0.717) is 33.5 Å². The molecule has 6 nitrogen and oxygen atoms in total. The Bertz CT molecular complexity index is 891. The Labute approximate surface area is 154 Å². The van der Waals surface area contributed by atoms with Crippen molar-refractivity contribution in [1.82, 2.24) is 15.5 Å². The van der Waals surface area contributed by atoms with Crippen molar-refractivity contribution in [3.63, 3.8) is 0 Å². The van der Waals surface area contributed by atoms with Crippen LogP contribution >= 0.6 is 23.2 Å². The number of benzene rings is 2. The van der Waals surface area contributed by atoms with E-state index in [1.807, 2.05) is 12.1 Å². The molecule has 128 valence electrons. The van der Waals surface area contributed by atoms with Crippen LogP contribution < -0.4 is 10.6 Å². The van der Waals surface area contributed by atoms with Crippen molar-refractivity contribution in [1.29, 1.82) is 0 Å². The first-order valence-corrected chi connectivity index (χ1v) is 8.16. The fourth-order valence-corrected chi connectivity index (χ4v) is 2.77. The third-order valence-electron chi connectivity index (χ3n) is 3.41. The number of carbonyl (C=O) groups excluding carboxylic acids is 1. The highest BCUT2D eigenvalue weighted by atomic mass is 35.5. The predicted octanol–water partition coefficient (Wildman–Crippen LogP) is 4.02. The van der Waals surface area contributed by atoms with Gasteiger partial charge in [0.25, 0.3) is 5.91 Å². The second-order valence-electron chi connectivity index (χ2n) is 5.21. The molecule has 8 heteroatoms. The SMILES string of the molecule is CNC(=O)c1cccc(CNc2nc(-c3cc(Cl)cc(Cl)c3)no2)c1. The average molecular weight is 377 g/mol. The Morgan fingerprint density at radius 1 is 1.16 bits per heavy atom. The van der Waals surface area contributed by atoms with Crippen LogP contribution in [0.5, 0.6) is 0 Å². The number of amides is 1. The summed E-state index contributed by atoms with van der Waals surface area (Å²) in [7, 11) is 1.59. The van der Waals surface area contributed by atoms with Gasteiger partial charge >= 0.3 is 6.01 Å². The summed E-state index contributed by atoms with van der Waals surface area (Å²) in [5, 5.41) is 10.5. The van der Waals surface area contributed by atoms with E-state index in [-0.39, 0.29) is 11.9 Å². The normalized spacial score (nSPS) is 10.5. The van der Waals surface area contributed by atoms with Crippen molar-refractivity contribution in [3.8, 4) is 11.4 Å². The van der Waals surface area contributed by atoms with Gasteiger partial charge in [-0.25, -0.2) is 0 Å². The maximum Gasteiger partial charge on any atom is 0.322 e. The molecule has 0 fully saturated rings. The van der Waals surface area contributed by atoms with E-state index in [0.717, 1.165) is 5.56 Å². The number of anilines is 1. The van der Waals surface area contributed by atoms with Gasteiger partial charge in [0.1, 0.15) is 0 Å². The van der Waals surface area contributed by atoms with Crippen molar-refractivity contribution in [2.24, 2.45) is 0 Å². The summed E-state index contributed by atoms with van der Waals surface area (Å²) < 4.78 is 5.18. The van der Waals surface area contributed by atoms with Gasteiger partial charge in [-0.15, -0.1) is 0 Å². The van der Waals surface area contributed by atoms with E-state index < -0.39 is 0 Å². The van der Waals surface area contributed by atoms with Gasteiger partial charge in [-0.05, 0) is 35.9 Å². The minimum Gasteiger partial charge on any atom is -0.355 e. The molecular weight excluding hydrogens is 363 g/mol.